The Morgan fingerprint density at radius 1 is 1.23 bits per heavy atom. The number of halogens is 1. The Morgan fingerprint density at radius 2 is 1.97 bits per heavy atom. The first kappa shape index (κ1) is 24.5. The van der Waals surface area contributed by atoms with Crippen LogP contribution in [-0.2, 0) is 19.9 Å². The van der Waals surface area contributed by atoms with E-state index in [-0.39, 0.29) is 30.0 Å². The number of nitrogens with one attached hydrogen (secondary N) is 2. The maximum Gasteiger partial charge on any atom is 0.191 e. The van der Waals surface area contributed by atoms with Crippen LogP contribution in [-0.4, -0.2) is 47.5 Å². The van der Waals surface area contributed by atoms with Gasteiger partial charge in [0.2, 0.25) is 0 Å². The minimum atomic E-state index is 0. The van der Waals surface area contributed by atoms with Gasteiger partial charge in [-0.2, -0.15) is 5.10 Å². The molecule has 2 aromatic rings. The van der Waals surface area contributed by atoms with Crippen LogP contribution in [0.4, 0.5) is 5.69 Å². The van der Waals surface area contributed by atoms with Crippen LogP contribution < -0.4 is 15.5 Å². The van der Waals surface area contributed by atoms with Crippen LogP contribution in [0.3, 0.4) is 0 Å². The molecule has 6 nitrogen and oxygen atoms in total. The molecule has 0 bridgehead atoms. The van der Waals surface area contributed by atoms with E-state index in [4.69, 9.17) is 4.99 Å². The monoisotopic (exact) mass is 524 g/mol. The summed E-state index contributed by atoms with van der Waals surface area (Å²) in [5, 5.41) is 11.5. The molecule has 2 atom stereocenters. The lowest BCUT2D eigenvalue weighted by Gasteiger charge is -2.26. The Hall–Kier alpha value is -1.77. The number of fused-ring (bicyclic) bond motifs is 1. The molecule has 2 N–H and O–H groups in total. The summed E-state index contributed by atoms with van der Waals surface area (Å²) < 4.78 is 1.96. The van der Waals surface area contributed by atoms with E-state index in [1.165, 1.54) is 22.5 Å². The lowest BCUT2D eigenvalue weighted by Crippen LogP contribution is -2.44. The van der Waals surface area contributed by atoms with Gasteiger partial charge in [0.15, 0.2) is 5.96 Å². The average Bonchev–Trinajstić information content (AvgIpc) is 3.22. The summed E-state index contributed by atoms with van der Waals surface area (Å²) in [6.07, 6.45) is 2.06. The van der Waals surface area contributed by atoms with Crippen molar-refractivity contribution < 1.29 is 0 Å². The van der Waals surface area contributed by atoms with Crippen LogP contribution >= 0.6 is 24.0 Å². The number of nitrogens with zero attached hydrogens (tertiary/aromatic N) is 4. The minimum absolute atomic E-state index is 0. The smallest absolute Gasteiger partial charge is 0.191 e. The Balaban J connectivity index is 0.00000320. The van der Waals surface area contributed by atoms with Crippen molar-refractivity contribution in [2.45, 2.75) is 59.5 Å². The SMILES string of the molecule is CCNC(=NCC(C)N1CCc2ccccc21)NC(C)Cc1c(C)nn(C)c1C.I. The lowest BCUT2D eigenvalue weighted by atomic mass is 10.1. The highest BCUT2D eigenvalue weighted by Crippen LogP contribution is 2.29. The number of aryl methyl sites for hydroxylation is 2. The van der Waals surface area contributed by atoms with Crippen molar-refractivity contribution in [2.24, 2.45) is 12.0 Å². The number of aliphatic imine (C=N–C) groups is 1. The maximum absolute atomic E-state index is 4.89. The van der Waals surface area contributed by atoms with E-state index in [1.807, 2.05) is 11.7 Å². The first-order chi connectivity index (χ1) is 13.9. The number of hydrogen-bond acceptors (Lipinski definition) is 3. The van der Waals surface area contributed by atoms with Crippen LogP contribution in [0.2, 0.25) is 0 Å². The zero-order valence-electron chi connectivity index (χ0n) is 19.2. The summed E-state index contributed by atoms with van der Waals surface area (Å²) in [5.41, 5.74) is 6.49. The summed E-state index contributed by atoms with van der Waals surface area (Å²) in [7, 11) is 2.01. The fourth-order valence-electron chi connectivity index (χ4n) is 4.17. The van der Waals surface area contributed by atoms with Gasteiger partial charge in [-0.25, -0.2) is 0 Å². The van der Waals surface area contributed by atoms with Gasteiger partial charge in [0.05, 0.1) is 12.2 Å². The third-order valence-corrected chi connectivity index (χ3v) is 5.87. The van der Waals surface area contributed by atoms with Gasteiger partial charge in [-0.3, -0.25) is 9.67 Å². The second kappa shape index (κ2) is 11.0. The number of anilines is 1. The third kappa shape index (κ3) is 5.68. The predicted octanol–water partition coefficient (Wildman–Crippen LogP) is 3.59. The highest BCUT2D eigenvalue weighted by Gasteiger charge is 2.22. The molecule has 1 aliphatic rings. The number of guanidine groups is 1. The van der Waals surface area contributed by atoms with Crippen molar-refractivity contribution in [1.82, 2.24) is 20.4 Å². The fourth-order valence-corrected chi connectivity index (χ4v) is 4.17. The van der Waals surface area contributed by atoms with Crippen molar-refractivity contribution in [3.8, 4) is 0 Å². The zero-order valence-corrected chi connectivity index (χ0v) is 21.5. The molecule has 0 saturated heterocycles. The van der Waals surface area contributed by atoms with Crippen molar-refractivity contribution in [3.05, 3.63) is 46.8 Å². The quantitative estimate of drug-likeness (QED) is 0.330. The van der Waals surface area contributed by atoms with E-state index in [9.17, 15) is 0 Å². The van der Waals surface area contributed by atoms with Crippen LogP contribution in [0.5, 0.6) is 0 Å². The van der Waals surface area contributed by atoms with Gasteiger partial charge in [-0.15, -0.1) is 24.0 Å². The highest BCUT2D eigenvalue weighted by atomic mass is 127. The third-order valence-electron chi connectivity index (χ3n) is 5.87. The van der Waals surface area contributed by atoms with Crippen molar-refractivity contribution in [1.29, 1.82) is 0 Å². The molecule has 166 valence electrons. The Morgan fingerprint density at radius 3 is 2.63 bits per heavy atom. The van der Waals surface area contributed by atoms with E-state index in [0.717, 1.165) is 44.1 Å². The molecule has 1 aromatic heterocycles. The molecule has 1 aromatic carbocycles. The minimum Gasteiger partial charge on any atom is -0.366 e. The second-order valence-corrected chi connectivity index (χ2v) is 8.16. The van der Waals surface area contributed by atoms with Gasteiger partial charge < -0.3 is 15.5 Å². The van der Waals surface area contributed by atoms with Crippen molar-refractivity contribution in [2.75, 3.05) is 24.5 Å². The molecular weight excluding hydrogens is 487 g/mol. The number of rotatable bonds is 7. The van der Waals surface area contributed by atoms with Gasteiger partial charge in [0.1, 0.15) is 0 Å². The molecule has 0 radical (unpaired) electrons. The van der Waals surface area contributed by atoms with Crippen LogP contribution in [0.15, 0.2) is 29.3 Å². The number of para-hydroxylation sites is 1. The molecule has 2 heterocycles. The molecule has 0 amide bonds. The molecule has 0 spiro atoms. The van der Waals surface area contributed by atoms with E-state index < -0.39 is 0 Å². The molecule has 0 aliphatic carbocycles. The average molecular weight is 524 g/mol. The van der Waals surface area contributed by atoms with E-state index in [2.05, 4.69) is 79.5 Å². The molecule has 2 unspecified atom stereocenters. The lowest BCUT2D eigenvalue weighted by molar-refractivity contribution is 0.623. The van der Waals surface area contributed by atoms with Crippen molar-refractivity contribution >= 4 is 35.6 Å². The highest BCUT2D eigenvalue weighted by molar-refractivity contribution is 14.0. The topological polar surface area (TPSA) is 57.5 Å². The fraction of sp³-hybridized carbons (Fsp3) is 0.565. The molecule has 0 fully saturated rings. The van der Waals surface area contributed by atoms with E-state index in [0.29, 0.717) is 6.04 Å². The first-order valence-corrected chi connectivity index (χ1v) is 10.8. The van der Waals surface area contributed by atoms with Gasteiger partial charge >= 0.3 is 0 Å². The second-order valence-electron chi connectivity index (χ2n) is 8.16. The number of hydrogen-bond donors (Lipinski definition) is 2. The predicted molar refractivity (Wildman–Crippen MR) is 137 cm³/mol. The standard InChI is InChI=1S/C23H36N6.HI/c1-7-24-23(26-16(2)14-21-18(4)27-28(6)19(21)5)25-15-17(3)29-13-12-20-10-8-9-11-22(20)29;/h8-11,16-17H,7,12-15H2,1-6H3,(H2,24,25,26);1H. The summed E-state index contributed by atoms with van der Waals surface area (Å²) in [4.78, 5) is 7.37. The summed E-state index contributed by atoms with van der Waals surface area (Å²) in [6, 6.07) is 9.37. The number of benzene rings is 1. The van der Waals surface area contributed by atoms with Crippen LogP contribution in [0.25, 0.3) is 0 Å². The van der Waals surface area contributed by atoms with E-state index >= 15 is 0 Å². The molecule has 3 rings (SSSR count). The summed E-state index contributed by atoms with van der Waals surface area (Å²) >= 11 is 0. The van der Waals surface area contributed by atoms with Gasteiger partial charge in [-0.1, -0.05) is 18.2 Å². The molecule has 7 heteroatoms. The van der Waals surface area contributed by atoms with Gasteiger partial charge in [0.25, 0.3) is 0 Å². The normalized spacial score (nSPS) is 15.4. The largest absolute Gasteiger partial charge is 0.366 e. The molecule has 30 heavy (non-hydrogen) atoms. The van der Waals surface area contributed by atoms with Crippen LogP contribution in [0.1, 0.15) is 43.3 Å². The Kier molecular flexibility index (Phi) is 9.00. The van der Waals surface area contributed by atoms with Crippen molar-refractivity contribution in [3.63, 3.8) is 0 Å². The zero-order chi connectivity index (χ0) is 21.0. The van der Waals surface area contributed by atoms with Crippen LogP contribution in [0, 0.1) is 13.8 Å². The molecular formula is C23H37IN6. The summed E-state index contributed by atoms with van der Waals surface area (Å²) in [6.45, 7) is 13.5. The van der Waals surface area contributed by atoms with Gasteiger partial charge in [-0.05, 0) is 64.7 Å². The maximum atomic E-state index is 4.89. The summed E-state index contributed by atoms with van der Waals surface area (Å²) in [5.74, 6) is 0.888. The van der Waals surface area contributed by atoms with Gasteiger partial charge in [0, 0.05) is 43.6 Å². The Labute approximate surface area is 198 Å². The Bertz CT molecular complexity index is 859. The van der Waals surface area contributed by atoms with E-state index in [1.54, 1.807) is 0 Å². The molecule has 0 saturated carbocycles. The first-order valence-electron chi connectivity index (χ1n) is 10.8. The molecule has 1 aliphatic heterocycles. The number of aromatic nitrogens is 2.